The van der Waals surface area contributed by atoms with Crippen LogP contribution in [0.4, 0.5) is 4.79 Å². The van der Waals surface area contributed by atoms with Gasteiger partial charge in [-0.25, -0.2) is 9.59 Å². The summed E-state index contributed by atoms with van der Waals surface area (Å²) in [5.74, 6) is -1.38. The minimum atomic E-state index is -1.11. The lowest BCUT2D eigenvalue weighted by atomic mass is 9.87. The van der Waals surface area contributed by atoms with Crippen LogP contribution in [0.25, 0.3) is 0 Å². The molecule has 0 saturated carbocycles. The number of benzene rings is 4. The van der Waals surface area contributed by atoms with E-state index in [1.54, 1.807) is 69.0 Å². The molecule has 3 N–H and O–H groups in total. The summed E-state index contributed by atoms with van der Waals surface area (Å²) in [5, 5.41) is 15.4. The Bertz CT molecular complexity index is 2110. The molecule has 0 spiro atoms. The van der Waals surface area contributed by atoms with E-state index < -0.39 is 47.6 Å². The minimum Gasteiger partial charge on any atom is -0.478 e. The van der Waals surface area contributed by atoms with Gasteiger partial charge in [-0.2, -0.15) is 0 Å². The summed E-state index contributed by atoms with van der Waals surface area (Å²) < 4.78 is 11.4. The molecule has 57 heavy (non-hydrogen) atoms. The molecular weight excluding hydrogens is 725 g/mol. The third kappa shape index (κ3) is 9.99. The molecule has 0 aromatic heterocycles. The van der Waals surface area contributed by atoms with E-state index in [0.717, 1.165) is 36.0 Å². The van der Waals surface area contributed by atoms with Crippen LogP contribution in [0.5, 0.6) is 11.5 Å². The number of likely N-dealkylation sites (N-methyl/N-ethyl adjacent to an activating group) is 1. The van der Waals surface area contributed by atoms with Crippen molar-refractivity contribution in [3.63, 3.8) is 0 Å². The van der Waals surface area contributed by atoms with Crippen LogP contribution in [-0.4, -0.2) is 75.5 Å². The number of hydrogen-bond acceptors (Lipinski definition) is 7. The van der Waals surface area contributed by atoms with Crippen molar-refractivity contribution in [2.45, 2.75) is 96.1 Å². The second kappa shape index (κ2) is 17.3. The van der Waals surface area contributed by atoms with Crippen molar-refractivity contribution in [3.05, 3.63) is 130 Å². The number of amides is 4. The van der Waals surface area contributed by atoms with Gasteiger partial charge in [0.2, 0.25) is 17.7 Å². The van der Waals surface area contributed by atoms with Crippen LogP contribution in [0.1, 0.15) is 84.8 Å². The van der Waals surface area contributed by atoms with Crippen molar-refractivity contribution in [2.75, 3.05) is 7.05 Å². The summed E-state index contributed by atoms with van der Waals surface area (Å²) in [4.78, 5) is 70.1. The molecule has 0 bridgehead atoms. The van der Waals surface area contributed by atoms with Gasteiger partial charge in [0, 0.05) is 26.4 Å². The summed E-state index contributed by atoms with van der Waals surface area (Å²) in [6.45, 7) is 6.94. The number of fused-ring (bicyclic) bond motifs is 2. The number of carboxylic acid groups (broad SMARTS) is 1. The number of ether oxygens (including phenoxy) is 2. The Morgan fingerprint density at radius 3 is 2.12 bits per heavy atom. The van der Waals surface area contributed by atoms with E-state index in [4.69, 9.17) is 9.47 Å². The van der Waals surface area contributed by atoms with Gasteiger partial charge in [0.25, 0.3) is 0 Å². The summed E-state index contributed by atoms with van der Waals surface area (Å²) in [5.41, 5.74) is 4.25. The van der Waals surface area contributed by atoms with E-state index in [1.807, 2.05) is 42.5 Å². The average molecular weight is 775 g/mol. The second-order valence-corrected chi connectivity index (χ2v) is 15.7. The third-order valence-electron chi connectivity index (χ3n) is 10.5. The zero-order valence-electron chi connectivity index (χ0n) is 33.0. The van der Waals surface area contributed by atoms with Gasteiger partial charge in [-0.05, 0) is 111 Å². The van der Waals surface area contributed by atoms with E-state index in [0.29, 0.717) is 23.5 Å². The fourth-order valence-electron chi connectivity index (χ4n) is 7.25. The van der Waals surface area contributed by atoms with E-state index in [2.05, 4.69) is 16.7 Å². The highest BCUT2D eigenvalue weighted by molar-refractivity contribution is 5.94. The van der Waals surface area contributed by atoms with Gasteiger partial charge in [-0.15, -0.1) is 0 Å². The number of hydrogen-bond donors (Lipinski definition) is 3. The molecule has 4 amide bonds. The molecular formula is C45H50N4O8. The topological polar surface area (TPSA) is 155 Å². The Morgan fingerprint density at radius 2 is 1.47 bits per heavy atom. The first-order chi connectivity index (χ1) is 27.2. The number of aromatic carboxylic acids is 1. The Hall–Kier alpha value is -6.17. The van der Waals surface area contributed by atoms with E-state index in [9.17, 15) is 29.1 Å². The largest absolute Gasteiger partial charge is 0.478 e. The van der Waals surface area contributed by atoms with Crippen LogP contribution in [0.3, 0.4) is 0 Å². The first-order valence-corrected chi connectivity index (χ1v) is 19.3. The van der Waals surface area contributed by atoms with E-state index >= 15 is 0 Å². The fourth-order valence-corrected chi connectivity index (χ4v) is 7.25. The van der Waals surface area contributed by atoms with Crippen molar-refractivity contribution in [1.82, 2.24) is 20.4 Å². The molecule has 1 heterocycles. The number of rotatable bonds is 11. The number of nitrogens with zero attached hydrogens (tertiary/aromatic N) is 2. The van der Waals surface area contributed by atoms with Crippen LogP contribution in [0, 0.1) is 0 Å². The lowest BCUT2D eigenvalue weighted by Gasteiger charge is -2.39. The molecule has 0 saturated heterocycles. The lowest BCUT2D eigenvalue weighted by molar-refractivity contribution is -0.145. The highest BCUT2D eigenvalue weighted by Crippen LogP contribution is 2.31. The molecule has 2 aliphatic rings. The molecule has 12 heteroatoms. The van der Waals surface area contributed by atoms with Gasteiger partial charge in [-0.1, -0.05) is 60.7 Å². The predicted molar refractivity (Wildman–Crippen MR) is 214 cm³/mol. The number of aryl methyl sites for hydroxylation is 1. The van der Waals surface area contributed by atoms with Gasteiger partial charge in [0.1, 0.15) is 35.2 Å². The molecule has 1 aliphatic heterocycles. The molecule has 0 fully saturated rings. The van der Waals surface area contributed by atoms with Crippen molar-refractivity contribution in [2.24, 2.45) is 0 Å². The first-order valence-electron chi connectivity index (χ1n) is 19.3. The molecule has 4 aromatic carbocycles. The maximum Gasteiger partial charge on any atom is 0.410 e. The molecule has 0 unspecified atom stereocenters. The smallest absolute Gasteiger partial charge is 0.410 e. The summed E-state index contributed by atoms with van der Waals surface area (Å²) in [6, 6.07) is 25.7. The van der Waals surface area contributed by atoms with Crippen molar-refractivity contribution in [1.29, 1.82) is 0 Å². The van der Waals surface area contributed by atoms with Crippen LogP contribution in [-0.2, 0) is 44.9 Å². The fraction of sp³-hybridized carbons (Fsp3) is 0.356. The number of nitrogens with one attached hydrogen (secondary N) is 2. The quantitative estimate of drug-likeness (QED) is 0.154. The number of carbonyl (C=O) groups is 5. The van der Waals surface area contributed by atoms with Crippen molar-refractivity contribution >= 4 is 29.8 Å². The SMILES string of the molecule is C[C@@H](C(=O)N[C@@H](Cc1ccc(Oc2ccc(C(=O)O)cc2)cc1)C(=O)N1Cc2ccccc2C[C@H]1C(=O)N[C@@H]1CCCc2ccccc21)N(C)C(=O)OC(C)(C)C. The summed E-state index contributed by atoms with van der Waals surface area (Å²) >= 11 is 0. The van der Waals surface area contributed by atoms with Crippen molar-refractivity contribution < 1.29 is 38.6 Å². The maximum absolute atomic E-state index is 14.9. The Labute approximate surface area is 333 Å². The van der Waals surface area contributed by atoms with Gasteiger partial charge < -0.3 is 30.1 Å². The van der Waals surface area contributed by atoms with Gasteiger partial charge in [0.05, 0.1) is 11.6 Å². The van der Waals surface area contributed by atoms with E-state index in [1.165, 1.54) is 29.6 Å². The molecule has 4 aromatic rings. The zero-order chi connectivity index (χ0) is 40.9. The Balaban J connectivity index is 1.27. The lowest BCUT2D eigenvalue weighted by Crippen LogP contribution is -2.60. The highest BCUT2D eigenvalue weighted by Gasteiger charge is 2.40. The molecule has 1 aliphatic carbocycles. The Morgan fingerprint density at radius 1 is 0.860 bits per heavy atom. The van der Waals surface area contributed by atoms with Crippen LogP contribution in [0.2, 0.25) is 0 Å². The van der Waals surface area contributed by atoms with Gasteiger partial charge in [-0.3, -0.25) is 19.3 Å². The number of carboxylic acids is 1. The molecule has 6 rings (SSSR count). The normalized spacial score (nSPS) is 17.2. The molecule has 4 atom stereocenters. The summed E-state index contributed by atoms with van der Waals surface area (Å²) in [6.07, 6.45) is 2.36. The highest BCUT2D eigenvalue weighted by atomic mass is 16.6. The standard InChI is InChI=1S/C45H50N4O8/c1-28(48(5)44(55)57-45(2,3)4)40(50)47-38(25-29-17-21-34(22-18-29)56-35-23-19-31(20-24-35)43(53)54)42(52)49-27-33-13-7-6-12-32(33)26-39(49)41(51)46-37-16-10-14-30-11-8-9-15-36(30)37/h6-9,11-13,15,17-24,28,37-39H,10,14,16,25-27H2,1-5H3,(H,46,51)(H,47,50)(H,53,54)/t28-,37+,38-,39-/m0/s1. The minimum absolute atomic E-state index is 0.0729. The molecule has 298 valence electrons. The van der Waals surface area contributed by atoms with E-state index in [-0.39, 0.29) is 30.5 Å². The first kappa shape index (κ1) is 40.5. The van der Waals surface area contributed by atoms with Crippen LogP contribution >= 0.6 is 0 Å². The average Bonchev–Trinajstić information content (AvgIpc) is 3.19. The monoisotopic (exact) mass is 774 g/mol. The third-order valence-corrected chi connectivity index (χ3v) is 10.5. The zero-order valence-corrected chi connectivity index (χ0v) is 33.0. The van der Waals surface area contributed by atoms with Crippen LogP contribution < -0.4 is 15.4 Å². The predicted octanol–water partition coefficient (Wildman–Crippen LogP) is 6.61. The second-order valence-electron chi connectivity index (χ2n) is 15.7. The van der Waals surface area contributed by atoms with Crippen LogP contribution in [0.15, 0.2) is 97.1 Å². The van der Waals surface area contributed by atoms with Gasteiger partial charge in [0.15, 0.2) is 0 Å². The molecule has 0 radical (unpaired) electrons. The van der Waals surface area contributed by atoms with Gasteiger partial charge >= 0.3 is 12.1 Å². The van der Waals surface area contributed by atoms with Crippen molar-refractivity contribution in [3.8, 4) is 11.5 Å². The maximum atomic E-state index is 14.9. The molecule has 12 nitrogen and oxygen atoms in total. The number of carbonyl (C=O) groups excluding carboxylic acids is 4. The Kier molecular flexibility index (Phi) is 12.3. The summed E-state index contributed by atoms with van der Waals surface area (Å²) in [7, 11) is 1.47.